The second-order valence-corrected chi connectivity index (χ2v) is 7.97. The van der Waals surface area contributed by atoms with Crippen LogP contribution in [-0.2, 0) is 20.9 Å². The second kappa shape index (κ2) is 11.0. The van der Waals surface area contributed by atoms with E-state index in [2.05, 4.69) is 20.6 Å². The number of anilines is 1. The average molecular weight is 497 g/mol. The van der Waals surface area contributed by atoms with E-state index >= 15 is 0 Å². The molecule has 9 nitrogen and oxygen atoms in total. The molecule has 0 radical (unpaired) electrons. The highest BCUT2D eigenvalue weighted by Crippen LogP contribution is 2.31. The van der Waals surface area contributed by atoms with E-state index in [9.17, 15) is 14.0 Å². The van der Waals surface area contributed by atoms with E-state index in [1.807, 2.05) is 12.1 Å². The van der Waals surface area contributed by atoms with Crippen molar-refractivity contribution in [3.63, 3.8) is 0 Å². The summed E-state index contributed by atoms with van der Waals surface area (Å²) in [6, 6.07) is 13.2. The topological polar surface area (TPSA) is 102 Å². The molecule has 4 rings (SSSR count). The van der Waals surface area contributed by atoms with Crippen molar-refractivity contribution in [2.45, 2.75) is 12.6 Å². The fraction of sp³-hybridized carbons (Fsp3) is 0.208. The fourth-order valence-corrected chi connectivity index (χ4v) is 3.82. The third-order valence-corrected chi connectivity index (χ3v) is 5.58. The summed E-state index contributed by atoms with van der Waals surface area (Å²) in [6.45, 7) is 0.301. The van der Waals surface area contributed by atoms with E-state index in [-0.39, 0.29) is 30.4 Å². The van der Waals surface area contributed by atoms with Crippen LogP contribution in [0.1, 0.15) is 11.6 Å². The van der Waals surface area contributed by atoms with Crippen LogP contribution >= 0.6 is 11.6 Å². The molecule has 0 saturated heterocycles. The lowest BCUT2D eigenvalue weighted by atomic mass is 10.0. The van der Waals surface area contributed by atoms with Crippen molar-refractivity contribution in [1.29, 1.82) is 0 Å². The van der Waals surface area contributed by atoms with Gasteiger partial charge in [0.05, 0.1) is 17.1 Å². The zero-order valence-corrected chi connectivity index (χ0v) is 19.5. The normalized spacial score (nSPS) is 11.9. The van der Waals surface area contributed by atoms with Crippen LogP contribution in [0.3, 0.4) is 0 Å². The number of ether oxygens (including phenoxy) is 1. The van der Waals surface area contributed by atoms with Crippen LogP contribution in [0.4, 0.5) is 10.1 Å². The van der Waals surface area contributed by atoms with Crippen molar-refractivity contribution >= 4 is 40.1 Å². The molecule has 4 aromatic rings. The van der Waals surface area contributed by atoms with Crippen molar-refractivity contribution in [3.05, 3.63) is 83.4 Å². The van der Waals surface area contributed by atoms with Gasteiger partial charge >= 0.3 is 0 Å². The maximum atomic E-state index is 14.0. The monoisotopic (exact) mass is 496 g/mol. The van der Waals surface area contributed by atoms with Crippen LogP contribution < -0.4 is 10.2 Å². The number of para-hydroxylation sites is 1. The number of methoxy groups -OCH3 is 1. The Kier molecular flexibility index (Phi) is 7.64. The summed E-state index contributed by atoms with van der Waals surface area (Å²) in [4.78, 5) is 32.5. The Morgan fingerprint density at radius 1 is 1.17 bits per heavy atom. The summed E-state index contributed by atoms with van der Waals surface area (Å²) in [5.41, 5.74) is 2.03. The van der Waals surface area contributed by atoms with Gasteiger partial charge in [0.25, 0.3) is 0 Å². The number of benzene rings is 2. The Bertz CT molecular complexity index is 1330. The van der Waals surface area contributed by atoms with Crippen molar-refractivity contribution in [2.24, 2.45) is 0 Å². The first-order valence-corrected chi connectivity index (χ1v) is 11.1. The molecule has 2 amide bonds. The average Bonchev–Trinajstić information content (AvgIpc) is 3.27. The van der Waals surface area contributed by atoms with Crippen molar-refractivity contribution in [2.75, 3.05) is 25.2 Å². The van der Waals surface area contributed by atoms with Gasteiger partial charge in [-0.1, -0.05) is 28.9 Å². The molecule has 0 unspecified atom stereocenters. The number of fused-ring (bicyclic) bond motifs is 1. The summed E-state index contributed by atoms with van der Waals surface area (Å²) in [5.74, 6) is -1.58. The number of hydrogen-bond acceptors (Lipinski definition) is 6. The molecule has 11 heteroatoms. The summed E-state index contributed by atoms with van der Waals surface area (Å²) in [5, 5.41) is 10.8. The summed E-state index contributed by atoms with van der Waals surface area (Å²) in [7, 11) is 1.52. The Morgan fingerprint density at radius 3 is 2.69 bits per heavy atom. The molecule has 35 heavy (non-hydrogen) atoms. The van der Waals surface area contributed by atoms with Crippen molar-refractivity contribution in [3.8, 4) is 0 Å². The molecule has 0 saturated carbocycles. The van der Waals surface area contributed by atoms with Crippen molar-refractivity contribution in [1.82, 2.24) is 25.3 Å². The van der Waals surface area contributed by atoms with E-state index in [4.69, 9.17) is 16.3 Å². The lowest BCUT2D eigenvalue weighted by Crippen LogP contribution is -2.46. The zero-order valence-electron chi connectivity index (χ0n) is 18.8. The van der Waals surface area contributed by atoms with Crippen LogP contribution in [0.15, 0.2) is 67.0 Å². The maximum absolute atomic E-state index is 14.0. The first-order chi connectivity index (χ1) is 17.0. The lowest BCUT2D eigenvalue weighted by Gasteiger charge is -2.31. The number of nitrogens with zero attached hydrogens (tertiary/aromatic N) is 5. The molecule has 0 bridgehead atoms. The van der Waals surface area contributed by atoms with Crippen LogP contribution in [-0.4, -0.2) is 52.1 Å². The van der Waals surface area contributed by atoms with Gasteiger partial charge in [-0.2, -0.15) is 0 Å². The molecule has 2 heterocycles. The van der Waals surface area contributed by atoms with Crippen LogP contribution in [0.25, 0.3) is 11.0 Å². The van der Waals surface area contributed by atoms with Gasteiger partial charge in [-0.15, -0.1) is 5.10 Å². The third kappa shape index (κ3) is 5.44. The highest BCUT2D eigenvalue weighted by Gasteiger charge is 2.33. The Balaban J connectivity index is 1.78. The standard InChI is InChI=1S/C24H22ClFN6O3/c1-35-13-12-28-24(34)23(16-8-10-27-11-9-16)32(17-6-7-19(26)18(25)14-17)22(33)15-31-21-5-3-2-4-20(21)29-30-31/h2-11,14,23H,12-13,15H2,1H3,(H,28,34)/t23-/m0/s1. The molecular weight excluding hydrogens is 475 g/mol. The Labute approximate surface area is 205 Å². The summed E-state index contributed by atoms with van der Waals surface area (Å²) < 4.78 is 20.4. The van der Waals surface area contributed by atoms with Crippen LogP contribution in [0.5, 0.6) is 0 Å². The van der Waals surface area contributed by atoms with Gasteiger partial charge in [0.15, 0.2) is 0 Å². The predicted molar refractivity (Wildman–Crippen MR) is 128 cm³/mol. The smallest absolute Gasteiger partial charge is 0.249 e. The number of carbonyl (C=O) groups excluding carboxylic acids is 2. The minimum absolute atomic E-state index is 0.181. The molecule has 0 spiro atoms. The SMILES string of the molecule is COCCNC(=O)[C@H](c1ccncc1)N(C(=O)Cn1nnc2ccccc21)c1ccc(F)c(Cl)c1. The molecule has 2 aromatic heterocycles. The molecule has 1 atom stereocenters. The minimum atomic E-state index is -1.10. The molecule has 0 aliphatic heterocycles. The molecule has 0 aliphatic carbocycles. The highest BCUT2D eigenvalue weighted by molar-refractivity contribution is 6.31. The predicted octanol–water partition coefficient (Wildman–Crippen LogP) is 3.16. The van der Waals surface area contributed by atoms with E-state index in [1.165, 1.54) is 41.2 Å². The number of pyridine rings is 1. The van der Waals surface area contributed by atoms with Gasteiger partial charge in [0, 0.05) is 31.7 Å². The van der Waals surface area contributed by atoms with Gasteiger partial charge < -0.3 is 10.1 Å². The largest absolute Gasteiger partial charge is 0.383 e. The van der Waals surface area contributed by atoms with Gasteiger partial charge in [-0.05, 0) is 48.0 Å². The third-order valence-electron chi connectivity index (χ3n) is 5.29. The van der Waals surface area contributed by atoms with E-state index < -0.39 is 23.7 Å². The second-order valence-electron chi connectivity index (χ2n) is 7.56. The fourth-order valence-electron chi connectivity index (χ4n) is 3.65. The number of halogens is 2. The van der Waals surface area contributed by atoms with Gasteiger partial charge in [-0.3, -0.25) is 19.5 Å². The summed E-state index contributed by atoms with van der Waals surface area (Å²) >= 11 is 6.05. The maximum Gasteiger partial charge on any atom is 0.249 e. The minimum Gasteiger partial charge on any atom is -0.383 e. The first-order valence-electron chi connectivity index (χ1n) is 10.7. The first kappa shape index (κ1) is 24.2. The van der Waals surface area contributed by atoms with Gasteiger partial charge in [-0.25, -0.2) is 9.07 Å². The van der Waals surface area contributed by atoms with Crippen LogP contribution in [0, 0.1) is 5.82 Å². The lowest BCUT2D eigenvalue weighted by molar-refractivity contribution is -0.127. The quantitative estimate of drug-likeness (QED) is 0.357. The molecule has 0 fully saturated rings. The number of carbonyl (C=O) groups is 2. The van der Waals surface area contributed by atoms with Crippen molar-refractivity contribution < 1.29 is 18.7 Å². The summed E-state index contributed by atoms with van der Waals surface area (Å²) in [6.07, 6.45) is 3.05. The molecule has 180 valence electrons. The highest BCUT2D eigenvalue weighted by atomic mass is 35.5. The molecule has 1 N–H and O–H groups in total. The van der Waals surface area contributed by atoms with E-state index in [0.717, 1.165) is 6.07 Å². The molecule has 2 aromatic carbocycles. The number of aromatic nitrogens is 4. The number of hydrogen-bond donors (Lipinski definition) is 1. The number of rotatable bonds is 9. The number of nitrogens with one attached hydrogen (secondary N) is 1. The number of amides is 2. The van der Waals surface area contributed by atoms with Gasteiger partial charge in [0.2, 0.25) is 11.8 Å². The molecule has 0 aliphatic rings. The Morgan fingerprint density at radius 2 is 1.94 bits per heavy atom. The van der Waals surface area contributed by atoms with E-state index in [1.54, 1.807) is 24.3 Å². The van der Waals surface area contributed by atoms with E-state index in [0.29, 0.717) is 16.6 Å². The van der Waals surface area contributed by atoms with Crippen LogP contribution in [0.2, 0.25) is 5.02 Å². The zero-order chi connectivity index (χ0) is 24.8. The molecular formula is C24H22ClFN6O3. The van der Waals surface area contributed by atoms with Gasteiger partial charge in [0.1, 0.15) is 23.9 Å². The Hall–Kier alpha value is -3.89.